The molecule has 2 aliphatic rings. The summed E-state index contributed by atoms with van der Waals surface area (Å²) in [6, 6.07) is 5.21. The first kappa shape index (κ1) is 23.1. The highest BCUT2D eigenvalue weighted by Crippen LogP contribution is 2.43. The van der Waals surface area contributed by atoms with Crippen LogP contribution in [0, 0.1) is 11.8 Å². The molecule has 0 bridgehead atoms. The van der Waals surface area contributed by atoms with Gasteiger partial charge in [-0.15, -0.1) is 0 Å². The van der Waals surface area contributed by atoms with Gasteiger partial charge in [0.2, 0.25) is 11.8 Å². The largest absolute Gasteiger partial charge is 0.342 e. The van der Waals surface area contributed by atoms with Gasteiger partial charge in [-0.25, -0.2) is 8.78 Å². The fourth-order valence-electron chi connectivity index (χ4n) is 4.72. The second kappa shape index (κ2) is 9.31. The van der Waals surface area contributed by atoms with Crippen LogP contribution in [0.4, 0.5) is 8.78 Å². The van der Waals surface area contributed by atoms with Gasteiger partial charge in [0.25, 0.3) is 0 Å². The number of likely N-dealkylation sites (tertiary alicyclic amines) is 1. The maximum absolute atomic E-state index is 13.5. The van der Waals surface area contributed by atoms with Crippen LogP contribution < -0.4 is 0 Å². The Morgan fingerprint density at radius 3 is 2.37 bits per heavy atom. The zero-order valence-corrected chi connectivity index (χ0v) is 18.1. The molecule has 3 rings (SSSR count). The van der Waals surface area contributed by atoms with E-state index in [2.05, 4.69) is 0 Å². The summed E-state index contributed by atoms with van der Waals surface area (Å²) >= 11 is 12.3. The van der Waals surface area contributed by atoms with Crippen molar-refractivity contribution >= 4 is 41.7 Å². The molecular formula is C22H25Cl2F2NO3. The van der Waals surface area contributed by atoms with Crippen LogP contribution in [-0.2, 0) is 19.8 Å². The molecule has 164 valence electrons. The summed E-state index contributed by atoms with van der Waals surface area (Å²) in [6.45, 7) is 0.722. The van der Waals surface area contributed by atoms with Gasteiger partial charge in [0, 0.05) is 37.8 Å². The van der Waals surface area contributed by atoms with Crippen LogP contribution in [-0.4, -0.2) is 42.4 Å². The minimum absolute atomic E-state index is 0.0196. The summed E-state index contributed by atoms with van der Waals surface area (Å²) in [6.07, 6.45) is 2.67. The first-order valence-electron chi connectivity index (χ1n) is 10.2. The zero-order chi connectivity index (χ0) is 21.9. The number of halogens is 4. The van der Waals surface area contributed by atoms with Crippen LogP contribution in [0.25, 0.3) is 0 Å². The molecule has 8 heteroatoms. The van der Waals surface area contributed by atoms with Crippen molar-refractivity contribution in [3.8, 4) is 0 Å². The first-order valence-corrected chi connectivity index (χ1v) is 11.0. The molecule has 1 saturated heterocycles. The standard InChI is InChI=1S/C22H25Cl2F2NO3/c23-18-2-1-17(9-19(18)24)21(10-16(12-28)13-29)6-5-20(30)27(14-21)11-15-3-7-22(25,26)8-4-15/h1-2,9,12-13,15-16H,3-8,10-11,14H2/t21-/m1/s1. The number of aldehydes is 2. The third-order valence-electron chi connectivity index (χ3n) is 6.49. The molecule has 1 aliphatic heterocycles. The summed E-state index contributed by atoms with van der Waals surface area (Å²) in [5, 5.41) is 0.755. The smallest absolute Gasteiger partial charge is 0.248 e. The van der Waals surface area contributed by atoms with E-state index in [-0.39, 0.29) is 37.5 Å². The lowest BCUT2D eigenvalue weighted by molar-refractivity contribution is -0.137. The SMILES string of the molecule is O=CC(C=O)C[C@]1(c2ccc(Cl)c(Cl)c2)CCC(=O)N(CC2CCC(F)(F)CC2)C1. The number of alkyl halides is 2. The van der Waals surface area contributed by atoms with Gasteiger partial charge in [-0.05, 0) is 49.3 Å². The average molecular weight is 460 g/mol. The van der Waals surface area contributed by atoms with Gasteiger partial charge >= 0.3 is 0 Å². The van der Waals surface area contributed by atoms with Crippen LogP contribution in [0.1, 0.15) is 50.5 Å². The molecule has 0 aromatic heterocycles. The van der Waals surface area contributed by atoms with Crippen molar-refractivity contribution in [3.05, 3.63) is 33.8 Å². The second-order valence-corrected chi connectivity index (χ2v) is 9.44. The normalized spacial score (nSPS) is 24.8. The van der Waals surface area contributed by atoms with Crippen molar-refractivity contribution in [1.82, 2.24) is 4.90 Å². The molecule has 2 fully saturated rings. The zero-order valence-electron chi connectivity index (χ0n) is 16.6. The number of hydrogen-bond donors (Lipinski definition) is 0. The molecule has 1 aliphatic carbocycles. The van der Waals surface area contributed by atoms with Crippen LogP contribution in [0.5, 0.6) is 0 Å². The van der Waals surface area contributed by atoms with Crippen molar-refractivity contribution < 1.29 is 23.2 Å². The van der Waals surface area contributed by atoms with E-state index in [0.29, 0.717) is 55.0 Å². The fourth-order valence-corrected chi connectivity index (χ4v) is 5.02. The summed E-state index contributed by atoms with van der Waals surface area (Å²) < 4.78 is 27.0. The van der Waals surface area contributed by atoms with E-state index in [0.717, 1.165) is 5.56 Å². The molecule has 1 aromatic carbocycles. The Labute approximate surface area is 184 Å². The van der Waals surface area contributed by atoms with Crippen molar-refractivity contribution in [2.24, 2.45) is 11.8 Å². The maximum atomic E-state index is 13.5. The third kappa shape index (κ3) is 5.20. The summed E-state index contributed by atoms with van der Waals surface area (Å²) in [4.78, 5) is 37.2. The molecule has 1 heterocycles. The van der Waals surface area contributed by atoms with Gasteiger partial charge in [-0.1, -0.05) is 29.3 Å². The lowest BCUT2D eigenvalue weighted by Crippen LogP contribution is -2.51. The molecule has 1 saturated carbocycles. The average Bonchev–Trinajstić information content (AvgIpc) is 2.72. The number of rotatable bonds is 7. The second-order valence-electron chi connectivity index (χ2n) is 8.62. The molecule has 1 aromatic rings. The highest BCUT2D eigenvalue weighted by atomic mass is 35.5. The number of piperidine rings is 1. The van der Waals surface area contributed by atoms with Gasteiger partial charge in [0.1, 0.15) is 12.6 Å². The van der Waals surface area contributed by atoms with E-state index in [1.54, 1.807) is 17.0 Å². The number of nitrogens with zero attached hydrogens (tertiary/aromatic N) is 1. The van der Waals surface area contributed by atoms with Crippen LogP contribution >= 0.6 is 23.2 Å². The van der Waals surface area contributed by atoms with E-state index < -0.39 is 17.3 Å². The number of hydrogen-bond acceptors (Lipinski definition) is 3. The minimum atomic E-state index is -2.62. The van der Waals surface area contributed by atoms with Crippen molar-refractivity contribution in [1.29, 1.82) is 0 Å². The Hall–Kier alpha value is -1.53. The highest BCUT2D eigenvalue weighted by Gasteiger charge is 2.43. The highest BCUT2D eigenvalue weighted by molar-refractivity contribution is 6.42. The molecule has 0 unspecified atom stereocenters. The summed E-state index contributed by atoms with van der Waals surface area (Å²) in [5.41, 5.74) is 0.186. The van der Waals surface area contributed by atoms with Gasteiger partial charge in [0.05, 0.1) is 16.0 Å². The topological polar surface area (TPSA) is 54.5 Å². The molecule has 0 spiro atoms. The van der Waals surface area contributed by atoms with Crippen molar-refractivity contribution in [2.45, 2.75) is 56.3 Å². The molecule has 4 nitrogen and oxygen atoms in total. The first-order chi connectivity index (χ1) is 14.2. The molecule has 0 N–H and O–H groups in total. The third-order valence-corrected chi connectivity index (χ3v) is 7.23. The van der Waals surface area contributed by atoms with E-state index >= 15 is 0 Å². The number of amides is 1. The van der Waals surface area contributed by atoms with Gasteiger partial charge < -0.3 is 14.5 Å². The fraction of sp³-hybridized carbons (Fsp3) is 0.591. The Kier molecular flexibility index (Phi) is 7.18. The lowest BCUT2D eigenvalue weighted by atomic mass is 9.68. The van der Waals surface area contributed by atoms with E-state index in [1.165, 1.54) is 0 Å². The predicted octanol–water partition coefficient (Wildman–Crippen LogP) is 5.08. The lowest BCUT2D eigenvalue weighted by Gasteiger charge is -2.45. The maximum Gasteiger partial charge on any atom is 0.248 e. The number of benzene rings is 1. The molecule has 1 amide bonds. The molecule has 1 atom stereocenters. The van der Waals surface area contributed by atoms with Crippen LogP contribution in [0.3, 0.4) is 0 Å². The molecule has 30 heavy (non-hydrogen) atoms. The van der Waals surface area contributed by atoms with Crippen LogP contribution in [0.15, 0.2) is 18.2 Å². The summed E-state index contributed by atoms with van der Waals surface area (Å²) in [7, 11) is 0. The number of carbonyl (C=O) groups is 3. The Balaban J connectivity index is 1.86. The van der Waals surface area contributed by atoms with Gasteiger partial charge in [-0.3, -0.25) is 4.79 Å². The predicted molar refractivity (Wildman–Crippen MR) is 111 cm³/mol. The van der Waals surface area contributed by atoms with Crippen molar-refractivity contribution in [2.75, 3.05) is 13.1 Å². The Morgan fingerprint density at radius 2 is 1.77 bits per heavy atom. The summed E-state index contributed by atoms with van der Waals surface area (Å²) in [5.74, 6) is -3.43. The minimum Gasteiger partial charge on any atom is -0.342 e. The van der Waals surface area contributed by atoms with Gasteiger partial charge in [-0.2, -0.15) is 0 Å². The van der Waals surface area contributed by atoms with E-state index in [1.807, 2.05) is 6.07 Å². The van der Waals surface area contributed by atoms with E-state index in [9.17, 15) is 23.2 Å². The quantitative estimate of drug-likeness (QED) is 0.421. The molecule has 0 radical (unpaired) electrons. The van der Waals surface area contributed by atoms with Gasteiger partial charge in [0.15, 0.2) is 0 Å². The Morgan fingerprint density at radius 1 is 1.10 bits per heavy atom. The molecular weight excluding hydrogens is 435 g/mol. The van der Waals surface area contributed by atoms with Crippen LogP contribution in [0.2, 0.25) is 10.0 Å². The van der Waals surface area contributed by atoms with E-state index in [4.69, 9.17) is 23.2 Å². The Bertz CT molecular complexity index is 802. The number of carbonyl (C=O) groups excluding carboxylic acids is 3. The van der Waals surface area contributed by atoms with Crippen molar-refractivity contribution in [3.63, 3.8) is 0 Å². The monoisotopic (exact) mass is 459 g/mol.